The van der Waals surface area contributed by atoms with Crippen molar-refractivity contribution < 1.29 is 0 Å². The SMILES string of the molecule is CCC[C@@H](N)c1cccc(N)c1N. The monoisotopic (exact) mass is 179 g/mol. The molecule has 1 aromatic rings. The van der Waals surface area contributed by atoms with Crippen molar-refractivity contribution in [3.05, 3.63) is 23.8 Å². The minimum atomic E-state index is 0.00787. The Morgan fingerprint density at radius 3 is 2.62 bits per heavy atom. The van der Waals surface area contributed by atoms with Crippen LogP contribution in [0.3, 0.4) is 0 Å². The molecule has 1 aromatic carbocycles. The summed E-state index contributed by atoms with van der Waals surface area (Å²) in [5.41, 5.74) is 19.6. The molecule has 0 heterocycles. The van der Waals surface area contributed by atoms with Crippen molar-refractivity contribution in [3.8, 4) is 0 Å². The number of benzene rings is 1. The number of nitrogens with two attached hydrogens (primary N) is 3. The minimum Gasteiger partial charge on any atom is -0.397 e. The Hall–Kier alpha value is -1.22. The lowest BCUT2D eigenvalue weighted by Gasteiger charge is -2.14. The predicted molar refractivity (Wildman–Crippen MR) is 57.1 cm³/mol. The van der Waals surface area contributed by atoms with Gasteiger partial charge in [0.2, 0.25) is 0 Å². The fourth-order valence-electron chi connectivity index (χ4n) is 1.39. The molecule has 1 rings (SSSR count). The lowest BCUT2D eigenvalue weighted by molar-refractivity contribution is 0.640. The van der Waals surface area contributed by atoms with E-state index in [4.69, 9.17) is 17.2 Å². The van der Waals surface area contributed by atoms with Crippen LogP contribution in [0.15, 0.2) is 18.2 Å². The first kappa shape index (κ1) is 9.86. The van der Waals surface area contributed by atoms with Crippen molar-refractivity contribution in [3.63, 3.8) is 0 Å². The normalized spacial score (nSPS) is 12.8. The van der Waals surface area contributed by atoms with E-state index in [9.17, 15) is 0 Å². The standard InChI is InChI=1S/C10H17N3/c1-2-4-8(11)7-5-3-6-9(12)10(7)13/h3,5-6,8H,2,4,11-13H2,1H3/t8-/m1/s1. The highest BCUT2D eigenvalue weighted by molar-refractivity contribution is 5.67. The van der Waals surface area contributed by atoms with E-state index in [-0.39, 0.29) is 6.04 Å². The van der Waals surface area contributed by atoms with Crippen LogP contribution in [0.25, 0.3) is 0 Å². The van der Waals surface area contributed by atoms with E-state index >= 15 is 0 Å². The third-order valence-corrected chi connectivity index (χ3v) is 2.17. The predicted octanol–water partition coefficient (Wildman–Crippen LogP) is 1.65. The van der Waals surface area contributed by atoms with Crippen LogP contribution < -0.4 is 17.2 Å². The van der Waals surface area contributed by atoms with Gasteiger partial charge in [0.05, 0.1) is 11.4 Å². The highest BCUT2D eigenvalue weighted by Gasteiger charge is 2.09. The zero-order valence-electron chi connectivity index (χ0n) is 7.96. The molecule has 3 nitrogen and oxygen atoms in total. The lowest BCUT2D eigenvalue weighted by Crippen LogP contribution is -2.13. The van der Waals surface area contributed by atoms with E-state index < -0.39 is 0 Å². The third-order valence-electron chi connectivity index (χ3n) is 2.17. The van der Waals surface area contributed by atoms with Gasteiger partial charge < -0.3 is 17.2 Å². The Morgan fingerprint density at radius 2 is 2.00 bits per heavy atom. The Balaban J connectivity index is 2.93. The Labute approximate surface area is 78.9 Å². The van der Waals surface area contributed by atoms with Crippen LogP contribution >= 0.6 is 0 Å². The van der Waals surface area contributed by atoms with E-state index in [1.165, 1.54) is 0 Å². The van der Waals surface area contributed by atoms with Gasteiger partial charge in [-0.2, -0.15) is 0 Å². The van der Waals surface area contributed by atoms with Gasteiger partial charge in [0.15, 0.2) is 0 Å². The number of anilines is 2. The molecule has 0 aliphatic carbocycles. The second-order valence-corrected chi connectivity index (χ2v) is 3.25. The molecule has 0 aromatic heterocycles. The number of rotatable bonds is 3. The zero-order valence-corrected chi connectivity index (χ0v) is 7.96. The highest BCUT2D eigenvalue weighted by atomic mass is 14.7. The summed E-state index contributed by atoms with van der Waals surface area (Å²) in [4.78, 5) is 0. The minimum absolute atomic E-state index is 0.00787. The van der Waals surface area contributed by atoms with Gasteiger partial charge in [-0.05, 0) is 18.1 Å². The van der Waals surface area contributed by atoms with Gasteiger partial charge >= 0.3 is 0 Å². The van der Waals surface area contributed by atoms with Crippen LogP contribution in [0.5, 0.6) is 0 Å². The van der Waals surface area contributed by atoms with Crippen LogP contribution in [0, 0.1) is 0 Å². The zero-order chi connectivity index (χ0) is 9.84. The molecule has 0 saturated heterocycles. The summed E-state index contributed by atoms with van der Waals surface area (Å²) in [7, 11) is 0. The van der Waals surface area contributed by atoms with E-state index in [0.717, 1.165) is 18.4 Å². The van der Waals surface area contributed by atoms with E-state index in [2.05, 4.69) is 6.92 Å². The van der Waals surface area contributed by atoms with Crippen molar-refractivity contribution in [2.24, 2.45) is 5.73 Å². The average Bonchev–Trinajstić information content (AvgIpc) is 2.10. The van der Waals surface area contributed by atoms with Crippen molar-refractivity contribution >= 4 is 11.4 Å². The second-order valence-electron chi connectivity index (χ2n) is 3.25. The number of hydrogen-bond donors (Lipinski definition) is 3. The molecule has 0 spiro atoms. The number of nitrogen functional groups attached to an aromatic ring is 2. The van der Waals surface area contributed by atoms with Gasteiger partial charge in [-0.15, -0.1) is 0 Å². The van der Waals surface area contributed by atoms with Gasteiger partial charge in [-0.25, -0.2) is 0 Å². The average molecular weight is 179 g/mol. The molecule has 0 fully saturated rings. The van der Waals surface area contributed by atoms with Crippen molar-refractivity contribution in [2.45, 2.75) is 25.8 Å². The van der Waals surface area contributed by atoms with Gasteiger partial charge in [-0.1, -0.05) is 25.5 Å². The van der Waals surface area contributed by atoms with E-state index in [0.29, 0.717) is 11.4 Å². The Bertz CT molecular complexity index is 283. The van der Waals surface area contributed by atoms with E-state index in [1.807, 2.05) is 12.1 Å². The first-order valence-electron chi connectivity index (χ1n) is 4.56. The summed E-state index contributed by atoms with van der Waals surface area (Å²) in [5.74, 6) is 0. The second kappa shape index (κ2) is 4.14. The molecular formula is C10H17N3. The molecule has 3 heteroatoms. The van der Waals surface area contributed by atoms with Crippen LogP contribution in [0.2, 0.25) is 0 Å². The van der Waals surface area contributed by atoms with Gasteiger partial charge in [-0.3, -0.25) is 0 Å². The molecule has 0 saturated carbocycles. The summed E-state index contributed by atoms with van der Waals surface area (Å²) < 4.78 is 0. The molecule has 13 heavy (non-hydrogen) atoms. The molecule has 6 N–H and O–H groups in total. The Kier molecular flexibility index (Phi) is 3.14. The molecule has 0 unspecified atom stereocenters. The van der Waals surface area contributed by atoms with Crippen molar-refractivity contribution in [1.82, 2.24) is 0 Å². The van der Waals surface area contributed by atoms with Crippen molar-refractivity contribution in [2.75, 3.05) is 11.5 Å². The lowest BCUT2D eigenvalue weighted by atomic mass is 10.0. The summed E-state index contributed by atoms with van der Waals surface area (Å²) in [5, 5.41) is 0. The molecule has 72 valence electrons. The fraction of sp³-hybridized carbons (Fsp3) is 0.400. The summed E-state index contributed by atoms with van der Waals surface area (Å²) in [6.45, 7) is 2.10. The largest absolute Gasteiger partial charge is 0.397 e. The molecule has 0 radical (unpaired) electrons. The maximum atomic E-state index is 5.94. The summed E-state index contributed by atoms with van der Waals surface area (Å²) >= 11 is 0. The first-order valence-corrected chi connectivity index (χ1v) is 4.56. The smallest absolute Gasteiger partial charge is 0.0596 e. The van der Waals surface area contributed by atoms with E-state index in [1.54, 1.807) is 6.07 Å². The quantitative estimate of drug-likeness (QED) is 0.617. The number of para-hydroxylation sites is 1. The Morgan fingerprint density at radius 1 is 1.31 bits per heavy atom. The summed E-state index contributed by atoms with van der Waals surface area (Å²) in [6, 6.07) is 5.62. The van der Waals surface area contributed by atoms with Crippen LogP contribution in [0.4, 0.5) is 11.4 Å². The molecule has 0 aliphatic heterocycles. The molecule has 1 atom stereocenters. The third kappa shape index (κ3) is 2.12. The van der Waals surface area contributed by atoms with Crippen molar-refractivity contribution in [1.29, 1.82) is 0 Å². The molecule has 0 amide bonds. The highest BCUT2D eigenvalue weighted by Crippen LogP contribution is 2.26. The maximum Gasteiger partial charge on any atom is 0.0596 e. The molecule has 0 aliphatic rings. The van der Waals surface area contributed by atoms with Gasteiger partial charge in [0, 0.05) is 6.04 Å². The molecular weight excluding hydrogens is 162 g/mol. The topological polar surface area (TPSA) is 78.1 Å². The first-order chi connectivity index (χ1) is 6.16. The number of hydrogen-bond acceptors (Lipinski definition) is 3. The maximum absolute atomic E-state index is 5.94. The summed E-state index contributed by atoms with van der Waals surface area (Å²) in [6.07, 6.45) is 1.99. The van der Waals surface area contributed by atoms with Crippen LogP contribution in [-0.2, 0) is 0 Å². The fourth-order valence-corrected chi connectivity index (χ4v) is 1.39. The molecule has 0 bridgehead atoms. The van der Waals surface area contributed by atoms with Gasteiger partial charge in [0.1, 0.15) is 0 Å². The van der Waals surface area contributed by atoms with Crippen LogP contribution in [0.1, 0.15) is 31.4 Å². The van der Waals surface area contributed by atoms with Crippen LogP contribution in [-0.4, -0.2) is 0 Å². The van der Waals surface area contributed by atoms with Gasteiger partial charge in [0.25, 0.3) is 0 Å².